The SMILES string of the molecule is CN1CCN(c2cccc(C(=O)NCCc3ccccc3)n2)CC1. The van der Waals surface area contributed by atoms with Crippen LogP contribution in [0.3, 0.4) is 0 Å². The molecule has 0 bridgehead atoms. The normalized spacial score (nSPS) is 15.3. The zero-order valence-electron chi connectivity index (χ0n) is 14.1. The number of benzene rings is 1. The molecule has 0 unspecified atom stereocenters. The van der Waals surface area contributed by atoms with Crippen molar-refractivity contribution in [3.63, 3.8) is 0 Å². The van der Waals surface area contributed by atoms with Crippen molar-refractivity contribution in [3.05, 3.63) is 59.8 Å². The van der Waals surface area contributed by atoms with Gasteiger partial charge in [0.25, 0.3) is 5.91 Å². The van der Waals surface area contributed by atoms with Crippen LogP contribution in [0, 0.1) is 0 Å². The molecule has 1 saturated heterocycles. The number of likely N-dealkylation sites (N-methyl/N-ethyl adjacent to an activating group) is 1. The van der Waals surface area contributed by atoms with E-state index in [1.54, 1.807) is 6.07 Å². The number of nitrogens with zero attached hydrogens (tertiary/aromatic N) is 3. The Morgan fingerprint density at radius 3 is 2.54 bits per heavy atom. The molecule has 1 aliphatic rings. The van der Waals surface area contributed by atoms with Gasteiger partial charge in [-0.2, -0.15) is 0 Å². The van der Waals surface area contributed by atoms with E-state index in [9.17, 15) is 4.79 Å². The molecule has 1 amide bonds. The van der Waals surface area contributed by atoms with Crippen molar-refractivity contribution in [2.75, 3.05) is 44.7 Å². The van der Waals surface area contributed by atoms with E-state index in [-0.39, 0.29) is 5.91 Å². The topological polar surface area (TPSA) is 48.5 Å². The molecule has 0 radical (unpaired) electrons. The lowest BCUT2D eigenvalue weighted by Gasteiger charge is -2.33. The van der Waals surface area contributed by atoms with Crippen molar-refractivity contribution in [1.82, 2.24) is 15.2 Å². The molecule has 0 aliphatic carbocycles. The third-order valence-corrected chi connectivity index (χ3v) is 4.34. The van der Waals surface area contributed by atoms with E-state index in [0.29, 0.717) is 12.2 Å². The first kappa shape index (κ1) is 16.5. The number of carbonyl (C=O) groups excluding carboxylic acids is 1. The molecule has 3 rings (SSSR count). The quantitative estimate of drug-likeness (QED) is 0.911. The van der Waals surface area contributed by atoms with E-state index >= 15 is 0 Å². The van der Waals surface area contributed by atoms with Crippen LogP contribution in [0.2, 0.25) is 0 Å². The number of rotatable bonds is 5. The van der Waals surface area contributed by atoms with E-state index in [0.717, 1.165) is 38.4 Å². The van der Waals surface area contributed by atoms with E-state index in [4.69, 9.17) is 0 Å². The number of piperazine rings is 1. The van der Waals surface area contributed by atoms with Gasteiger partial charge in [0.15, 0.2) is 0 Å². The predicted molar refractivity (Wildman–Crippen MR) is 96.4 cm³/mol. The minimum atomic E-state index is -0.109. The minimum absolute atomic E-state index is 0.109. The second-order valence-corrected chi connectivity index (χ2v) is 6.16. The van der Waals surface area contributed by atoms with Gasteiger partial charge in [0.05, 0.1) is 0 Å². The summed E-state index contributed by atoms with van der Waals surface area (Å²) in [6.07, 6.45) is 0.824. The molecule has 1 aliphatic heterocycles. The number of hydrogen-bond donors (Lipinski definition) is 1. The summed E-state index contributed by atoms with van der Waals surface area (Å²) < 4.78 is 0. The van der Waals surface area contributed by atoms with E-state index in [1.165, 1.54) is 5.56 Å². The fraction of sp³-hybridized carbons (Fsp3) is 0.368. The van der Waals surface area contributed by atoms with Crippen LogP contribution < -0.4 is 10.2 Å². The summed E-state index contributed by atoms with van der Waals surface area (Å²) in [6.45, 7) is 4.55. The molecule has 24 heavy (non-hydrogen) atoms. The number of carbonyl (C=O) groups is 1. The van der Waals surface area contributed by atoms with Crippen molar-refractivity contribution in [3.8, 4) is 0 Å². The zero-order chi connectivity index (χ0) is 16.8. The molecule has 1 fully saturated rings. The number of nitrogens with one attached hydrogen (secondary N) is 1. The van der Waals surface area contributed by atoms with Crippen LogP contribution >= 0.6 is 0 Å². The highest BCUT2D eigenvalue weighted by molar-refractivity contribution is 5.92. The first-order chi connectivity index (χ1) is 11.7. The number of amides is 1. The largest absolute Gasteiger partial charge is 0.354 e. The van der Waals surface area contributed by atoms with Gasteiger partial charge >= 0.3 is 0 Å². The van der Waals surface area contributed by atoms with Crippen molar-refractivity contribution >= 4 is 11.7 Å². The zero-order valence-corrected chi connectivity index (χ0v) is 14.1. The molecule has 1 N–H and O–H groups in total. The third kappa shape index (κ3) is 4.32. The Labute approximate surface area is 143 Å². The van der Waals surface area contributed by atoms with E-state index < -0.39 is 0 Å². The van der Waals surface area contributed by atoms with Crippen LogP contribution in [0.5, 0.6) is 0 Å². The summed E-state index contributed by atoms with van der Waals surface area (Å²) in [5, 5.41) is 2.96. The summed E-state index contributed by atoms with van der Waals surface area (Å²) in [6, 6.07) is 15.8. The van der Waals surface area contributed by atoms with Crippen LogP contribution in [-0.4, -0.2) is 55.6 Å². The molecular weight excluding hydrogens is 300 g/mol. The molecule has 0 saturated carbocycles. The van der Waals surface area contributed by atoms with Crippen molar-refractivity contribution < 1.29 is 4.79 Å². The maximum absolute atomic E-state index is 12.3. The molecule has 5 heteroatoms. The van der Waals surface area contributed by atoms with Crippen molar-refractivity contribution in [2.45, 2.75) is 6.42 Å². The Morgan fingerprint density at radius 2 is 1.79 bits per heavy atom. The van der Waals surface area contributed by atoms with E-state index in [2.05, 4.69) is 39.3 Å². The van der Waals surface area contributed by atoms with Crippen LogP contribution in [0.25, 0.3) is 0 Å². The first-order valence-electron chi connectivity index (χ1n) is 8.45. The van der Waals surface area contributed by atoms with E-state index in [1.807, 2.05) is 30.3 Å². The Balaban J connectivity index is 1.56. The Bertz CT molecular complexity index is 666. The van der Waals surface area contributed by atoms with Gasteiger partial charge in [-0.15, -0.1) is 0 Å². The summed E-state index contributed by atoms with van der Waals surface area (Å²) in [5.41, 5.74) is 1.71. The highest BCUT2D eigenvalue weighted by Crippen LogP contribution is 2.13. The Kier molecular flexibility index (Phi) is 5.43. The average Bonchev–Trinajstić information content (AvgIpc) is 2.63. The number of aromatic nitrogens is 1. The first-order valence-corrected chi connectivity index (χ1v) is 8.45. The molecule has 126 valence electrons. The van der Waals surface area contributed by atoms with Gasteiger partial charge in [-0.25, -0.2) is 4.98 Å². The molecule has 0 atom stereocenters. The fourth-order valence-corrected chi connectivity index (χ4v) is 2.82. The fourth-order valence-electron chi connectivity index (χ4n) is 2.82. The second kappa shape index (κ2) is 7.93. The molecule has 5 nitrogen and oxygen atoms in total. The molecule has 1 aromatic heterocycles. The third-order valence-electron chi connectivity index (χ3n) is 4.34. The number of pyridine rings is 1. The summed E-state index contributed by atoms with van der Waals surface area (Å²) in [4.78, 5) is 21.4. The van der Waals surface area contributed by atoms with Crippen molar-refractivity contribution in [1.29, 1.82) is 0 Å². The minimum Gasteiger partial charge on any atom is -0.354 e. The standard InChI is InChI=1S/C19H24N4O/c1-22-12-14-23(15-13-22)18-9-5-8-17(21-18)19(24)20-11-10-16-6-3-2-4-7-16/h2-9H,10-15H2,1H3,(H,20,24). The van der Waals surface area contributed by atoms with Gasteiger partial charge < -0.3 is 15.1 Å². The van der Waals surface area contributed by atoms with Crippen LogP contribution in [0.15, 0.2) is 48.5 Å². The van der Waals surface area contributed by atoms with Gasteiger partial charge in [0, 0.05) is 32.7 Å². The Morgan fingerprint density at radius 1 is 1.04 bits per heavy atom. The highest BCUT2D eigenvalue weighted by Gasteiger charge is 2.16. The van der Waals surface area contributed by atoms with Gasteiger partial charge in [-0.3, -0.25) is 4.79 Å². The van der Waals surface area contributed by atoms with Crippen molar-refractivity contribution in [2.24, 2.45) is 0 Å². The number of hydrogen-bond acceptors (Lipinski definition) is 4. The van der Waals surface area contributed by atoms with Gasteiger partial charge in [-0.1, -0.05) is 36.4 Å². The lowest BCUT2D eigenvalue weighted by molar-refractivity contribution is 0.0949. The highest BCUT2D eigenvalue weighted by atomic mass is 16.1. The summed E-state index contributed by atoms with van der Waals surface area (Å²) >= 11 is 0. The van der Waals surface area contributed by atoms with Gasteiger partial charge in [0.2, 0.25) is 0 Å². The van der Waals surface area contributed by atoms with Crippen LogP contribution in [0.1, 0.15) is 16.1 Å². The number of anilines is 1. The maximum atomic E-state index is 12.3. The predicted octanol–water partition coefficient (Wildman–Crippen LogP) is 1.81. The molecule has 1 aromatic carbocycles. The Hall–Kier alpha value is -2.40. The summed E-state index contributed by atoms with van der Waals surface area (Å²) in [7, 11) is 2.13. The lowest BCUT2D eigenvalue weighted by Crippen LogP contribution is -2.45. The monoisotopic (exact) mass is 324 g/mol. The van der Waals surface area contributed by atoms with Gasteiger partial charge in [-0.05, 0) is 31.2 Å². The maximum Gasteiger partial charge on any atom is 0.269 e. The second-order valence-electron chi connectivity index (χ2n) is 6.16. The van der Waals surface area contributed by atoms with Crippen LogP contribution in [-0.2, 0) is 6.42 Å². The van der Waals surface area contributed by atoms with Crippen LogP contribution in [0.4, 0.5) is 5.82 Å². The molecule has 2 aromatic rings. The summed E-state index contributed by atoms with van der Waals surface area (Å²) in [5.74, 6) is 0.778. The molecular formula is C19H24N4O. The average molecular weight is 324 g/mol. The smallest absolute Gasteiger partial charge is 0.269 e. The molecule has 0 spiro atoms. The van der Waals surface area contributed by atoms with Gasteiger partial charge in [0.1, 0.15) is 11.5 Å². The lowest BCUT2D eigenvalue weighted by atomic mass is 10.1. The molecule has 2 heterocycles.